The molecule has 18 heavy (non-hydrogen) atoms. The number of nitrogens with one attached hydrogen (secondary N) is 1. The number of methoxy groups -OCH3 is 1. The van der Waals surface area contributed by atoms with Gasteiger partial charge in [0.15, 0.2) is 0 Å². The highest BCUT2D eigenvalue weighted by molar-refractivity contribution is 5.86. The quantitative estimate of drug-likeness (QED) is 0.775. The lowest BCUT2D eigenvalue weighted by atomic mass is 9.99. The van der Waals surface area contributed by atoms with E-state index in [1.54, 1.807) is 19.4 Å². The van der Waals surface area contributed by atoms with Crippen molar-refractivity contribution in [3.63, 3.8) is 0 Å². The molecular weight excluding hydrogens is 234 g/mol. The highest BCUT2D eigenvalue weighted by Gasteiger charge is 2.37. The number of ether oxygens (including phenoxy) is 2. The maximum Gasteiger partial charge on any atom is 0.242 e. The van der Waals surface area contributed by atoms with Crippen LogP contribution in [0, 0.1) is 0 Å². The van der Waals surface area contributed by atoms with E-state index in [-0.39, 0.29) is 12.5 Å². The molecule has 2 rings (SSSR count). The first-order chi connectivity index (χ1) is 8.64. The van der Waals surface area contributed by atoms with Gasteiger partial charge in [-0.3, -0.25) is 4.79 Å². The van der Waals surface area contributed by atoms with Crippen molar-refractivity contribution in [2.75, 3.05) is 20.3 Å². The lowest BCUT2D eigenvalue weighted by Gasteiger charge is -2.20. The van der Waals surface area contributed by atoms with Crippen LogP contribution >= 0.6 is 0 Å². The molecule has 0 aliphatic carbocycles. The number of amides is 1. The van der Waals surface area contributed by atoms with Crippen LogP contribution in [0.4, 0.5) is 0 Å². The lowest BCUT2D eigenvalue weighted by Crippen LogP contribution is -2.54. The molecule has 6 heteroatoms. The highest BCUT2D eigenvalue weighted by atomic mass is 16.5. The van der Waals surface area contributed by atoms with Gasteiger partial charge in [-0.1, -0.05) is 0 Å². The van der Waals surface area contributed by atoms with Crippen molar-refractivity contribution in [2.24, 2.45) is 5.73 Å². The van der Waals surface area contributed by atoms with E-state index in [4.69, 9.17) is 15.2 Å². The second-order valence-corrected chi connectivity index (χ2v) is 4.35. The fraction of sp³-hybridized carbons (Fsp3) is 0.500. The van der Waals surface area contributed by atoms with Gasteiger partial charge in [0, 0.05) is 25.4 Å². The second kappa shape index (κ2) is 5.32. The van der Waals surface area contributed by atoms with E-state index in [1.165, 1.54) is 0 Å². The molecule has 1 atom stereocenters. The Morgan fingerprint density at radius 2 is 2.56 bits per heavy atom. The Morgan fingerprint density at radius 3 is 3.22 bits per heavy atom. The summed E-state index contributed by atoms with van der Waals surface area (Å²) in [5.74, 6) is 0.337. The number of carbonyl (C=O) groups excluding carboxylic acids is 1. The maximum absolute atomic E-state index is 11.9. The number of rotatable bonds is 4. The lowest BCUT2D eigenvalue weighted by molar-refractivity contribution is -0.126. The summed E-state index contributed by atoms with van der Waals surface area (Å²) in [5, 5.41) is 2.81. The van der Waals surface area contributed by atoms with Gasteiger partial charge in [0.05, 0.1) is 13.7 Å². The standard InChI is InChI=1S/C12H17N3O3/c1-17-10-6-9(2-4-14-10)7-15-11(16)12(13)3-5-18-8-12/h2,4,6H,3,5,7-8,13H2,1H3,(H,15,16). The number of hydrogen-bond acceptors (Lipinski definition) is 5. The summed E-state index contributed by atoms with van der Waals surface area (Å²) in [5.41, 5.74) is 5.97. The average Bonchev–Trinajstić information content (AvgIpc) is 2.84. The van der Waals surface area contributed by atoms with E-state index in [9.17, 15) is 4.79 Å². The third kappa shape index (κ3) is 2.77. The van der Waals surface area contributed by atoms with Gasteiger partial charge in [-0.05, 0) is 18.1 Å². The van der Waals surface area contributed by atoms with Crippen molar-refractivity contribution >= 4 is 5.91 Å². The van der Waals surface area contributed by atoms with Crippen LogP contribution in [0.3, 0.4) is 0 Å². The predicted molar refractivity (Wildman–Crippen MR) is 65.0 cm³/mol. The highest BCUT2D eigenvalue weighted by Crippen LogP contribution is 2.16. The Hall–Kier alpha value is -1.66. The number of pyridine rings is 1. The van der Waals surface area contributed by atoms with Crippen molar-refractivity contribution in [1.82, 2.24) is 10.3 Å². The van der Waals surface area contributed by atoms with Gasteiger partial charge < -0.3 is 20.5 Å². The summed E-state index contributed by atoms with van der Waals surface area (Å²) in [7, 11) is 1.55. The SMILES string of the molecule is COc1cc(CNC(=O)C2(N)CCOC2)ccn1. The maximum atomic E-state index is 11.9. The molecule has 1 aliphatic heterocycles. The van der Waals surface area contributed by atoms with Crippen LogP contribution in [0.15, 0.2) is 18.3 Å². The van der Waals surface area contributed by atoms with Gasteiger partial charge in [-0.15, -0.1) is 0 Å². The normalized spacial score (nSPS) is 22.8. The van der Waals surface area contributed by atoms with E-state index in [2.05, 4.69) is 10.3 Å². The first kappa shape index (κ1) is 12.8. The van der Waals surface area contributed by atoms with Crippen LogP contribution in [-0.4, -0.2) is 36.8 Å². The summed E-state index contributed by atoms with van der Waals surface area (Å²) in [6, 6.07) is 3.59. The minimum atomic E-state index is -0.892. The molecule has 2 heterocycles. The monoisotopic (exact) mass is 251 g/mol. The molecule has 1 amide bonds. The Kier molecular flexibility index (Phi) is 3.78. The zero-order valence-corrected chi connectivity index (χ0v) is 10.3. The van der Waals surface area contributed by atoms with Crippen LogP contribution in [0.1, 0.15) is 12.0 Å². The number of hydrogen-bond donors (Lipinski definition) is 2. The van der Waals surface area contributed by atoms with E-state index in [0.717, 1.165) is 5.56 Å². The van der Waals surface area contributed by atoms with Crippen LogP contribution < -0.4 is 15.8 Å². The molecule has 0 bridgehead atoms. The second-order valence-electron chi connectivity index (χ2n) is 4.35. The summed E-state index contributed by atoms with van der Waals surface area (Å²) in [4.78, 5) is 15.9. The molecular formula is C12H17N3O3. The minimum absolute atomic E-state index is 0.184. The van der Waals surface area contributed by atoms with E-state index >= 15 is 0 Å². The van der Waals surface area contributed by atoms with Crippen LogP contribution in [0.2, 0.25) is 0 Å². The van der Waals surface area contributed by atoms with Crippen LogP contribution in [-0.2, 0) is 16.1 Å². The fourth-order valence-electron chi connectivity index (χ4n) is 1.79. The molecule has 1 aliphatic rings. The number of nitrogens with two attached hydrogens (primary N) is 1. The van der Waals surface area contributed by atoms with Crippen molar-refractivity contribution in [1.29, 1.82) is 0 Å². The fourth-order valence-corrected chi connectivity index (χ4v) is 1.79. The average molecular weight is 251 g/mol. The van der Waals surface area contributed by atoms with Gasteiger partial charge in [0.1, 0.15) is 5.54 Å². The molecule has 0 saturated carbocycles. The number of aromatic nitrogens is 1. The van der Waals surface area contributed by atoms with Gasteiger partial charge in [-0.25, -0.2) is 4.98 Å². The molecule has 1 unspecified atom stereocenters. The topological polar surface area (TPSA) is 86.5 Å². The zero-order valence-electron chi connectivity index (χ0n) is 10.3. The van der Waals surface area contributed by atoms with E-state index in [0.29, 0.717) is 25.5 Å². The molecule has 3 N–H and O–H groups in total. The molecule has 0 spiro atoms. The Balaban J connectivity index is 1.92. The Morgan fingerprint density at radius 1 is 1.72 bits per heavy atom. The van der Waals surface area contributed by atoms with Gasteiger partial charge in [-0.2, -0.15) is 0 Å². The molecule has 1 aromatic heterocycles. The summed E-state index contributed by atoms with van der Waals surface area (Å²) >= 11 is 0. The minimum Gasteiger partial charge on any atom is -0.481 e. The van der Waals surface area contributed by atoms with Gasteiger partial charge in [0.2, 0.25) is 11.8 Å². The van der Waals surface area contributed by atoms with Crippen molar-refractivity contribution in [3.8, 4) is 5.88 Å². The number of carbonyl (C=O) groups is 1. The van der Waals surface area contributed by atoms with Crippen molar-refractivity contribution in [3.05, 3.63) is 23.9 Å². The molecule has 1 fully saturated rings. The molecule has 0 aromatic carbocycles. The molecule has 0 radical (unpaired) electrons. The largest absolute Gasteiger partial charge is 0.481 e. The number of nitrogens with zero attached hydrogens (tertiary/aromatic N) is 1. The smallest absolute Gasteiger partial charge is 0.242 e. The molecule has 1 aromatic rings. The first-order valence-electron chi connectivity index (χ1n) is 5.78. The first-order valence-corrected chi connectivity index (χ1v) is 5.78. The third-order valence-corrected chi connectivity index (χ3v) is 2.97. The molecule has 98 valence electrons. The van der Waals surface area contributed by atoms with Crippen LogP contribution in [0.25, 0.3) is 0 Å². The molecule has 6 nitrogen and oxygen atoms in total. The van der Waals surface area contributed by atoms with Crippen molar-refractivity contribution in [2.45, 2.75) is 18.5 Å². The van der Waals surface area contributed by atoms with Crippen LogP contribution in [0.5, 0.6) is 5.88 Å². The van der Waals surface area contributed by atoms with E-state index < -0.39 is 5.54 Å². The summed E-state index contributed by atoms with van der Waals surface area (Å²) in [6.45, 7) is 1.21. The molecule has 1 saturated heterocycles. The summed E-state index contributed by atoms with van der Waals surface area (Å²) < 4.78 is 10.2. The Bertz CT molecular complexity index is 430. The predicted octanol–water partition coefficient (Wildman–Crippen LogP) is -0.176. The summed E-state index contributed by atoms with van der Waals surface area (Å²) in [6.07, 6.45) is 2.19. The zero-order chi connectivity index (χ0) is 13.0. The third-order valence-electron chi connectivity index (χ3n) is 2.97. The van der Waals surface area contributed by atoms with Crippen molar-refractivity contribution < 1.29 is 14.3 Å². The van der Waals surface area contributed by atoms with Gasteiger partial charge in [0.25, 0.3) is 0 Å². The van der Waals surface area contributed by atoms with E-state index in [1.807, 2.05) is 6.07 Å². The Labute approximate surface area is 105 Å². The van der Waals surface area contributed by atoms with Gasteiger partial charge >= 0.3 is 0 Å².